The van der Waals surface area contributed by atoms with Crippen molar-refractivity contribution in [1.29, 1.82) is 0 Å². The fourth-order valence-electron chi connectivity index (χ4n) is 0.466. The molecule has 0 radical (unpaired) electrons. The molecule has 0 heterocycles. The van der Waals surface area contributed by atoms with Crippen molar-refractivity contribution in [3.63, 3.8) is 0 Å². The molecule has 0 aliphatic rings. The molecule has 66 valence electrons. The van der Waals surface area contributed by atoms with E-state index in [9.17, 15) is 4.79 Å². The van der Waals surface area contributed by atoms with Crippen LogP contribution in [-0.4, -0.2) is 42.9 Å². The highest BCUT2D eigenvalue weighted by Gasteiger charge is 2.04. The van der Waals surface area contributed by atoms with Gasteiger partial charge in [0.15, 0.2) is 0 Å². The lowest BCUT2D eigenvalue weighted by Gasteiger charge is -2.19. The minimum Gasteiger partial charge on any atom is -0.481 e. The monoisotopic (exact) mass is 161 g/mol. The second kappa shape index (κ2) is 5.09. The summed E-state index contributed by atoms with van der Waals surface area (Å²) >= 11 is 0. The number of carboxylic acids is 1. The lowest BCUT2D eigenvalue weighted by Crippen LogP contribution is -2.28. The summed E-state index contributed by atoms with van der Waals surface area (Å²) in [6.45, 7) is 2.15. The van der Waals surface area contributed by atoms with E-state index < -0.39 is 5.97 Å². The summed E-state index contributed by atoms with van der Waals surface area (Å²) in [6.07, 6.45) is 0.0485. The van der Waals surface area contributed by atoms with Crippen LogP contribution in [0.3, 0.4) is 0 Å². The van der Waals surface area contributed by atoms with Crippen molar-refractivity contribution >= 4 is 5.97 Å². The Bertz CT molecular complexity index is 125. The maximum Gasteiger partial charge on any atom is 0.305 e. The first kappa shape index (κ1) is 10.4. The van der Waals surface area contributed by atoms with Gasteiger partial charge in [0, 0.05) is 0 Å². The molecule has 0 aromatic rings. The van der Waals surface area contributed by atoms with Gasteiger partial charge < -0.3 is 9.84 Å². The molecule has 4 nitrogen and oxygen atoms in total. The summed E-state index contributed by atoms with van der Waals surface area (Å²) in [7, 11) is 3.76. The van der Waals surface area contributed by atoms with Gasteiger partial charge in [0.1, 0.15) is 6.23 Å². The van der Waals surface area contributed by atoms with E-state index in [1.54, 1.807) is 0 Å². The zero-order chi connectivity index (χ0) is 8.85. The van der Waals surface area contributed by atoms with Crippen LogP contribution in [-0.2, 0) is 9.53 Å². The molecule has 0 aromatic heterocycles. The van der Waals surface area contributed by atoms with Gasteiger partial charge in [-0.2, -0.15) is 0 Å². The Morgan fingerprint density at radius 2 is 2.18 bits per heavy atom. The highest BCUT2D eigenvalue weighted by atomic mass is 16.5. The van der Waals surface area contributed by atoms with Gasteiger partial charge >= 0.3 is 5.97 Å². The average Bonchev–Trinajstić information content (AvgIpc) is 1.86. The Morgan fingerprint density at radius 1 is 1.64 bits per heavy atom. The van der Waals surface area contributed by atoms with Gasteiger partial charge in [-0.15, -0.1) is 0 Å². The number of nitrogens with zero attached hydrogens (tertiary/aromatic N) is 1. The lowest BCUT2D eigenvalue weighted by molar-refractivity contribution is -0.139. The highest BCUT2D eigenvalue weighted by Crippen LogP contribution is 1.94. The van der Waals surface area contributed by atoms with Gasteiger partial charge in [-0.1, -0.05) is 0 Å². The second-order valence-corrected chi connectivity index (χ2v) is 2.58. The minimum atomic E-state index is -0.823. The normalized spacial score (nSPS) is 13.5. The van der Waals surface area contributed by atoms with E-state index >= 15 is 0 Å². The van der Waals surface area contributed by atoms with Crippen LogP contribution in [0.25, 0.3) is 0 Å². The maximum absolute atomic E-state index is 10.1. The van der Waals surface area contributed by atoms with Crippen LogP contribution in [0.4, 0.5) is 0 Å². The van der Waals surface area contributed by atoms with E-state index in [2.05, 4.69) is 0 Å². The second-order valence-electron chi connectivity index (χ2n) is 2.58. The molecule has 0 fully saturated rings. The number of rotatable bonds is 5. The van der Waals surface area contributed by atoms with E-state index in [0.29, 0.717) is 0 Å². The number of hydrogen-bond donors (Lipinski definition) is 1. The van der Waals surface area contributed by atoms with Crippen LogP contribution in [0.5, 0.6) is 0 Å². The molecule has 0 aliphatic heterocycles. The van der Waals surface area contributed by atoms with Crippen LogP contribution in [0.1, 0.15) is 13.3 Å². The molecule has 0 saturated carbocycles. The Morgan fingerprint density at radius 3 is 2.55 bits per heavy atom. The van der Waals surface area contributed by atoms with Gasteiger partial charge in [0.25, 0.3) is 0 Å². The molecule has 0 bridgehead atoms. The van der Waals surface area contributed by atoms with Gasteiger partial charge in [-0.3, -0.25) is 9.69 Å². The highest BCUT2D eigenvalue weighted by molar-refractivity contribution is 5.66. The first-order valence-corrected chi connectivity index (χ1v) is 3.54. The quantitative estimate of drug-likeness (QED) is 0.592. The van der Waals surface area contributed by atoms with Crippen molar-refractivity contribution in [1.82, 2.24) is 4.90 Å². The summed E-state index contributed by atoms with van der Waals surface area (Å²) in [4.78, 5) is 11.9. The molecule has 4 heteroatoms. The van der Waals surface area contributed by atoms with Gasteiger partial charge in [0.05, 0.1) is 13.0 Å². The molecule has 0 rings (SSSR count). The molecule has 1 atom stereocenters. The van der Waals surface area contributed by atoms with Crippen molar-refractivity contribution in [3.8, 4) is 0 Å². The third-order valence-corrected chi connectivity index (χ3v) is 1.40. The molecule has 0 saturated heterocycles. The SMILES string of the molecule is CC(OCCC(=O)O)N(C)C. The number of hydrogen-bond acceptors (Lipinski definition) is 3. The smallest absolute Gasteiger partial charge is 0.305 e. The van der Waals surface area contributed by atoms with E-state index in [1.165, 1.54) is 0 Å². The fourth-order valence-corrected chi connectivity index (χ4v) is 0.466. The Labute approximate surface area is 66.8 Å². The summed E-state index contributed by atoms with van der Waals surface area (Å²) in [5.41, 5.74) is 0. The lowest BCUT2D eigenvalue weighted by atomic mass is 10.5. The minimum absolute atomic E-state index is 0.0191. The molecule has 11 heavy (non-hydrogen) atoms. The van der Waals surface area contributed by atoms with E-state index in [-0.39, 0.29) is 19.3 Å². The van der Waals surface area contributed by atoms with Crippen molar-refractivity contribution < 1.29 is 14.6 Å². The largest absolute Gasteiger partial charge is 0.481 e. The summed E-state index contributed by atoms with van der Waals surface area (Å²) < 4.78 is 5.16. The fraction of sp³-hybridized carbons (Fsp3) is 0.857. The van der Waals surface area contributed by atoms with Crippen LogP contribution >= 0.6 is 0 Å². The van der Waals surface area contributed by atoms with E-state index in [4.69, 9.17) is 9.84 Å². The van der Waals surface area contributed by atoms with Crippen molar-refractivity contribution in [2.75, 3.05) is 20.7 Å². The number of aliphatic carboxylic acids is 1. The Hall–Kier alpha value is -0.610. The zero-order valence-electron chi connectivity index (χ0n) is 7.20. The first-order valence-electron chi connectivity index (χ1n) is 3.54. The molecule has 0 aromatic carbocycles. The van der Waals surface area contributed by atoms with Gasteiger partial charge in [0.2, 0.25) is 0 Å². The summed E-state index contributed by atoms with van der Waals surface area (Å²) in [5.74, 6) is -0.823. The standard InChI is InChI=1S/C7H15NO3/c1-6(8(2)3)11-5-4-7(9)10/h6H,4-5H2,1-3H3,(H,9,10). The predicted molar refractivity (Wildman–Crippen MR) is 41.4 cm³/mol. The topological polar surface area (TPSA) is 49.8 Å². The van der Waals surface area contributed by atoms with Crippen LogP contribution in [0.2, 0.25) is 0 Å². The maximum atomic E-state index is 10.1. The third-order valence-electron chi connectivity index (χ3n) is 1.40. The summed E-state index contributed by atoms with van der Waals surface area (Å²) in [5, 5.41) is 8.27. The van der Waals surface area contributed by atoms with E-state index in [1.807, 2.05) is 25.9 Å². The van der Waals surface area contributed by atoms with Crippen LogP contribution in [0.15, 0.2) is 0 Å². The molecule has 1 N–H and O–H groups in total. The Kier molecular flexibility index (Phi) is 4.81. The van der Waals surface area contributed by atoms with Crippen LogP contribution in [0, 0.1) is 0 Å². The van der Waals surface area contributed by atoms with Crippen molar-refractivity contribution in [3.05, 3.63) is 0 Å². The molecule has 0 aliphatic carbocycles. The predicted octanol–water partition coefficient (Wildman–Crippen LogP) is 0.385. The molecule has 0 amide bonds. The third kappa shape index (κ3) is 5.82. The van der Waals surface area contributed by atoms with Crippen LogP contribution < -0.4 is 0 Å². The van der Waals surface area contributed by atoms with Crippen molar-refractivity contribution in [2.45, 2.75) is 19.6 Å². The number of carboxylic acid groups (broad SMARTS) is 1. The molecular formula is C7H15NO3. The van der Waals surface area contributed by atoms with Gasteiger partial charge in [-0.25, -0.2) is 0 Å². The Balaban J connectivity index is 3.31. The average molecular weight is 161 g/mol. The van der Waals surface area contributed by atoms with Gasteiger partial charge in [-0.05, 0) is 21.0 Å². The zero-order valence-corrected chi connectivity index (χ0v) is 7.20. The number of ether oxygens (including phenoxy) is 1. The van der Waals surface area contributed by atoms with Crippen molar-refractivity contribution in [2.24, 2.45) is 0 Å². The summed E-state index contributed by atoms with van der Waals surface area (Å²) in [6, 6.07) is 0. The molecular weight excluding hydrogens is 146 g/mol. The molecule has 1 unspecified atom stereocenters. The van der Waals surface area contributed by atoms with E-state index in [0.717, 1.165) is 0 Å². The first-order chi connectivity index (χ1) is 5.04. The number of carbonyl (C=O) groups is 1. The molecule has 0 spiro atoms.